The normalized spacial score (nSPS) is 10.9. The molecule has 864 valence electrons. The molecule has 27 N–H and O–H groups in total. The summed E-state index contributed by atoms with van der Waals surface area (Å²) in [5, 5.41) is 0. The third-order valence-corrected chi connectivity index (χ3v) is 0. The van der Waals surface area contributed by atoms with E-state index in [-0.39, 0.29) is 156 Å². The predicted octanol–water partition coefficient (Wildman–Crippen LogP) is -30.3. The van der Waals surface area contributed by atoms with Gasteiger partial charge in [-0.2, -0.15) is 109 Å². The maximum absolute atomic E-state index is 8.74. The van der Waals surface area contributed by atoms with E-state index in [9.17, 15) is 0 Å². The second kappa shape index (κ2) is 111. The summed E-state index contributed by atoms with van der Waals surface area (Å²) in [7, 11) is -133. The zero-order chi connectivity index (χ0) is 122. The van der Waals surface area contributed by atoms with E-state index in [0.717, 1.165) is 0 Å². The summed E-state index contributed by atoms with van der Waals surface area (Å²) >= 11 is 0. The summed E-state index contributed by atoms with van der Waals surface area (Å²) in [5.74, 6) is 0. The molecular weight excluding hydrogens is 2840 g/mol. The molecule has 108 nitrogen and oxygen atoms in total. The van der Waals surface area contributed by atoms with Crippen LogP contribution in [0.1, 0.15) is 0 Å². The van der Waals surface area contributed by atoms with E-state index in [1.807, 2.05) is 0 Å². The van der Waals surface area contributed by atoms with Crippen molar-refractivity contribution in [2.75, 3.05) is 0 Å². The van der Waals surface area contributed by atoms with Crippen LogP contribution in [0.25, 0.3) is 0 Å². The Balaban J connectivity index is -0.0000000247. The van der Waals surface area contributed by atoms with Gasteiger partial charge in [-0.15, -0.1) is 0 Å². The average Bonchev–Trinajstić information content (AvgIpc) is 3.09. The third kappa shape index (κ3) is 1760000. The van der Waals surface area contributed by atoms with Crippen LogP contribution in [0.15, 0.2) is 0 Å². The first-order valence-electron chi connectivity index (χ1n) is 18.4. The van der Waals surface area contributed by atoms with E-state index >= 15 is 0 Å². The van der Waals surface area contributed by atoms with Gasteiger partial charge in [-0.25, -0.2) is 8.42 Å². The number of hydrogen-bond donors (Lipinski definition) is 27. The second-order valence-corrected chi connectivity index (χ2v) is 34.7. The van der Waals surface area contributed by atoms with E-state index < -0.39 is 281 Å². The first kappa shape index (κ1) is 253. The molecule has 0 atom stereocenters. The fourth-order valence-corrected chi connectivity index (χ4v) is 0. The molecule has 0 aliphatic carbocycles. The largest absolute Gasteiger partial charge is 3.00 e. The summed E-state index contributed by atoms with van der Waals surface area (Å²) < 4.78 is 887. The van der Waals surface area contributed by atoms with Gasteiger partial charge in [0, 0.05) is 135 Å². The maximum Gasteiger partial charge on any atom is 3.00 e. The molecule has 0 aromatic rings. The minimum Gasteiger partial charge on any atom is -0.759 e. The van der Waals surface area contributed by atoms with Crippen molar-refractivity contribution in [3.05, 3.63) is 0 Å². The Hall–Kier alpha value is 1.28. The Morgan fingerprint density at radius 2 is 0.0764 bits per heavy atom. The average molecular weight is 2860 g/mol. The molecule has 0 aromatic heterocycles. The monoisotopic (exact) mass is 2860 g/mol. The molecule has 0 fully saturated rings. The van der Waals surface area contributed by atoms with Crippen LogP contribution < -0.4 is 0 Å². The molecule has 0 aliphatic heterocycles. The van der Waals surface area contributed by atoms with E-state index in [4.69, 9.17) is 473 Å². The molecule has 144 heavy (non-hydrogen) atoms. The Morgan fingerprint density at radius 1 is 0.0764 bits per heavy atom. The van der Waals surface area contributed by atoms with E-state index in [2.05, 4.69) is 0 Å². The Labute approximate surface area is 899 Å². The molecule has 0 saturated carbocycles. The van der Waals surface area contributed by atoms with Crippen LogP contribution in [0.3, 0.4) is 0 Å². The summed E-state index contributed by atoms with van der Waals surface area (Å²) in [6.07, 6.45) is 0. The van der Waals surface area contributed by atoms with Gasteiger partial charge in [0.15, 0.2) is 0 Å². The van der Waals surface area contributed by atoms with Gasteiger partial charge in [-0.3, -0.25) is 232 Å². The van der Waals surface area contributed by atoms with Crippen LogP contribution in [0.4, 0.5) is 0 Å². The quantitative estimate of drug-likeness (QED) is 0.0608. The predicted molar refractivity (Wildman–Crippen MR) is 385 cm³/mol. The topological polar surface area (TPSA) is 2090 Å². The van der Waals surface area contributed by atoms with Gasteiger partial charge in [-0.1, -0.05) is 0 Å². The van der Waals surface area contributed by atoms with Crippen LogP contribution >= 0.6 is 0 Å². The van der Waals surface area contributed by atoms with Crippen molar-refractivity contribution < 1.29 is 473 Å². The summed E-state index contributed by atoms with van der Waals surface area (Å²) in [4.78, 5) is 0. The standard InChI is InChI=1S/9Al.27H2O4S/c;;;;;;;;;27*1-5(2,3)4/h;;;;;;;;;27*(H2,1,2,3,4)/q9*+3;;;;;;;;;;;;;;;;;;;;;;;;;;;/p-27. The van der Waals surface area contributed by atoms with Crippen molar-refractivity contribution in [1.29, 1.82) is 0 Å². The van der Waals surface area contributed by atoms with Gasteiger partial charge >= 0.3 is 291 Å². The van der Waals surface area contributed by atoms with Gasteiger partial charge in [0.25, 0.3) is 0 Å². The Morgan fingerprint density at radius 3 is 0.0764 bits per heavy atom. The van der Waals surface area contributed by atoms with Crippen LogP contribution in [0.5, 0.6) is 0 Å². The van der Waals surface area contributed by atoms with Crippen molar-refractivity contribution >= 4 is 437 Å². The van der Waals surface area contributed by atoms with E-state index in [1.54, 1.807) is 0 Å². The molecule has 144 heteroatoms. The van der Waals surface area contributed by atoms with Crippen molar-refractivity contribution in [3.8, 4) is 0 Å². The molecule has 0 bridgehead atoms. The van der Waals surface area contributed by atoms with Crippen LogP contribution in [-0.2, 0) is 281 Å². The van der Waals surface area contributed by atoms with E-state index in [1.165, 1.54) is 0 Å². The first-order chi connectivity index (χ1) is 54.0. The van der Waals surface area contributed by atoms with Crippen LogP contribution in [0.2, 0.25) is 0 Å². The fourth-order valence-electron chi connectivity index (χ4n) is 0. The molecule has 0 amide bonds. The molecule has 0 unspecified atom stereocenters. The van der Waals surface area contributed by atoms with E-state index in [0.29, 0.717) is 0 Å². The van der Waals surface area contributed by atoms with Gasteiger partial charge in [0.05, 0.1) is 0 Å². The molecular formula is H27Al9O108S27. The van der Waals surface area contributed by atoms with Crippen LogP contribution in [-0.4, -0.2) is 629 Å². The summed E-state index contributed by atoms with van der Waals surface area (Å²) in [5.41, 5.74) is 0. The Bertz CT molecular complexity index is 4320. The van der Waals surface area contributed by atoms with Crippen molar-refractivity contribution in [2.24, 2.45) is 0 Å². The van der Waals surface area contributed by atoms with Gasteiger partial charge in [0.1, 0.15) is 0 Å². The van der Waals surface area contributed by atoms with Crippen molar-refractivity contribution in [2.45, 2.75) is 0 Å². The zero-order valence-corrected chi connectivity index (χ0v) is 93.8. The number of rotatable bonds is 0. The van der Waals surface area contributed by atoms with Crippen LogP contribution in [0, 0.1) is 0 Å². The second-order valence-electron chi connectivity index (χ2n) is 11.6. The fraction of sp³-hybridized carbons (Fsp3) is 0. The number of hydrogen-bond acceptors (Lipinski definition) is 81. The molecule has 0 heterocycles. The zero-order valence-electron chi connectivity index (χ0n) is 61.4. The van der Waals surface area contributed by atoms with Crippen molar-refractivity contribution in [3.63, 3.8) is 0 Å². The molecule has 0 rings (SSSR count). The van der Waals surface area contributed by atoms with Gasteiger partial charge in [-0.05, 0) is 0 Å². The third-order valence-electron chi connectivity index (χ3n) is 0. The maximum atomic E-state index is 8.74. The molecule has 0 aromatic carbocycles. The Kier molecular flexibility index (Phi) is 195. The molecule has 0 aliphatic rings. The van der Waals surface area contributed by atoms with Gasteiger partial charge in [0.2, 0.25) is 10.4 Å². The summed E-state index contributed by atoms with van der Waals surface area (Å²) in [6.45, 7) is 0. The molecule has 0 saturated heterocycles. The molecule has 0 spiro atoms. The smallest absolute Gasteiger partial charge is 0.759 e. The molecule has 0 radical (unpaired) electrons. The summed E-state index contributed by atoms with van der Waals surface area (Å²) in [6, 6.07) is 0. The van der Waals surface area contributed by atoms with Gasteiger partial charge < -0.3 is 123 Å². The minimum atomic E-state index is -5.17. The first-order valence-corrected chi connectivity index (χ1v) is 55.3. The SMILES string of the molecule is O=S(=O)(O)O.O=S(=O)(O)O.O=S(=O)(O)O.O=S(=O)(O)O.O=S(=O)(O)O.O=S(=O)(O)O.O=S(=O)(O)O.O=S(=O)(O)O.O=S(=O)(O)O.O=S(=O)(O)O.O=S(=O)(O)O.O=S(=O)(O)O.O=S(=O)(O)O.O=S(=O)([O-])O.O=S(=O)([O-])[O-].O=S(=O)([O-])[O-].O=S(=O)([O-])[O-].O=S(=O)([O-])[O-].O=S(=O)([O-])[O-].O=S(=O)([O-])[O-].O=S(=O)([O-])[O-].O=S(=O)([O-])[O-].O=S(=O)([O-])[O-].O=S(=O)([O-])[O-].O=S(=O)([O-])[O-].O=S(=O)([O-])[O-].O=S(=O)([O-])[O-].[Al+3].[Al+3].[Al+3].[Al+3].[Al+3].[Al+3].[Al+3].[Al+3].[Al+3]. The van der Waals surface area contributed by atoms with Crippen molar-refractivity contribution in [1.82, 2.24) is 0 Å². The minimum absolute atomic E-state index is 0.